The van der Waals surface area contributed by atoms with E-state index in [9.17, 15) is 0 Å². The summed E-state index contributed by atoms with van der Waals surface area (Å²) in [6.45, 7) is 9.51. The molecule has 20 heavy (non-hydrogen) atoms. The van der Waals surface area contributed by atoms with Crippen LogP contribution in [0.3, 0.4) is 0 Å². The minimum absolute atomic E-state index is 0.460. The van der Waals surface area contributed by atoms with Gasteiger partial charge in [0.05, 0.1) is 18.6 Å². The van der Waals surface area contributed by atoms with Crippen molar-refractivity contribution in [2.45, 2.75) is 52.7 Å². The molecule has 1 unspecified atom stereocenters. The van der Waals surface area contributed by atoms with Crippen LogP contribution >= 0.6 is 0 Å². The molecule has 0 aliphatic heterocycles. The van der Waals surface area contributed by atoms with Gasteiger partial charge in [-0.05, 0) is 31.0 Å². The van der Waals surface area contributed by atoms with Crippen LogP contribution in [0.15, 0.2) is 31.0 Å². The first-order valence-electron chi connectivity index (χ1n) is 7.66. The number of aryl methyl sites for hydroxylation is 1. The van der Waals surface area contributed by atoms with E-state index in [1.807, 2.05) is 12.5 Å². The van der Waals surface area contributed by atoms with Gasteiger partial charge in [-0.15, -0.1) is 0 Å². The summed E-state index contributed by atoms with van der Waals surface area (Å²) >= 11 is 0. The van der Waals surface area contributed by atoms with Crippen molar-refractivity contribution in [3.8, 4) is 0 Å². The second kappa shape index (κ2) is 7.29. The highest BCUT2D eigenvalue weighted by Gasteiger charge is 2.10. The summed E-state index contributed by atoms with van der Waals surface area (Å²) in [5.41, 5.74) is 2.64. The van der Waals surface area contributed by atoms with Crippen molar-refractivity contribution >= 4 is 0 Å². The molecular formula is C16H26N4. The zero-order chi connectivity index (χ0) is 14.4. The maximum Gasteiger partial charge on any atom is 0.0948 e. The molecule has 2 rings (SSSR count). The molecule has 0 saturated carbocycles. The Morgan fingerprint density at radius 3 is 2.85 bits per heavy atom. The molecule has 0 spiro atoms. The second-order valence-electron chi connectivity index (χ2n) is 5.21. The molecule has 0 fully saturated rings. The van der Waals surface area contributed by atoms with E-state index in [1.54, 1.807) is 0 Å². The van der Waals surface area contributed by atoms with Gasteiger partial charge in [-0.1, -0.05) is 20.8 Å². The standard InChI is InChI=1S/C16H26N4/c1-4-8-20-13-17-10-15(20)12-19-9-7-14(11-19)16(5-2)18-6-3/h7,9-11,13,16,18H,4-6,8,12H2,1-3H3. The molecular weight excluding hydrogens is 248 g/mol. The van der Waals surface area contributed by atoms with Crippen molar-refractivity contribution in [3.05, 3.63) is 42.2 Å². The summed E-state index contributed by atoms with van der Waals surface area (Å²) in [5.74, 6) is 0. The highest BCUT2D eigenvalue weighted by Crippen LogP contribution is 2.17. The number of aromatic nitrogens is 3. The molecule has 0 bridgehead atoms. The van der Waals surface area contributed by atoms with Gasteiger partial charge in [-0.25, -0.2) is 4.98 Å². The van der Waals surface area contributed by atoms with Crippen LogP contribution in [0.2, 0.25) is 0 Å². The van der Waals surface area contributed by atoms with E-state index in [0.717, 1.165) is 32.5 Å². The zero-order valence-corrected chi connectivity index (χ0v) is 12.8. The molecule has 1 N–H and O–H groups in total. The Kier molecular flexibility index (Phi) is 5.41. The van der Waals surface area contributed by atoms with E-state index in [4.69, 9.17) is 0 Å². The zero-order valence-electron chi connectivity index (χ0n) is 12.8. The predicted octanol–water partition coefficient (Wildman–Crippen LogP) is 3.20. The Morgan fingerprint density at radius 1 is 1.30 bits per heavy atom. The SMILES string of the molecule is CCCn1cncc1Cn1ccc(C(CC)NCC)c1. The van der Waals surface area contributed by atoms with Crippen molar-refractivity contribution in [2.75, 3.05) is 6.54 Å². The number of hydrogen-bond acceptors (Lipinski definition) is 2. The van der Waals surface area contributed by atoms with Gasteiger partial charge in [-0.3, -0.25) is 0 Å². The van der Waals surface area contributed by atoms with Crippen LogP contribution in [0.25, 0.3) is 0 Å². The maximum absolute atomic E-state index is 4.26. The Bertz CT molecular complexity index is 512. The molecule has 4 heteroatoms. The van der Waals surface area contributed by atoms with Gasteiger partial charge in [0.25, 0.3) is 0 Å². The van der Waals surface area contributed by atoms with Crippen LogP contribution in [0.5, 0.6) is 0 Å². The molecule has 2 aromatic rings. The van der Waals surface area contributed by atoms with Crippen LogP contribution in [0, 0.1) is 0 Å². The molecule has 2 aromatic heterocycles. The minimum atomic E-state index is 0.460. The van der Waals surface area contributed by atoms with Gasteiger partial charge in [0.1, 0.15) is 0 Å². The smallest absolute Gasteiger partial charge is 0.0948 e. The van der Waals surface area contributed by atoms with Crippen molar-refractivity contribution in [3.63, 3.8) is 0 Å². The number of imidazole rings is 1. The molecule has 4 nitrogen and oxygen atoms in total. The third kappa shape index (κ3) is 3.51. The van der Waals surface area contributed by atoms with Crippen molar-refractivity contribution < 1.29 is 0 Å². The fraction of sp³-hybridized carbons (Fsp3) is 0.562. The van der Waals surface area contributed by atoms with Crippen molar-refractivity contribution in [1.29, 1.82) is 0 Å². The molecule has 2 heterocycles. The normalized spacial score (nSPS) is 12.8. The van der Waals surface area contributed by atoms with Gasteiger partial charge >= 0.3 is 0 Å². The van der Waals surface area contributed by atoms with Crippen LogP contribution in [0.1, 0.15) is 50.9 Å². The largest absolute Gasteiger partial charge is 0.348 e. The van der Waals surface area contributed by atoms with Gasteiger partial charge < -0.3 is 14.5 Å². The Hall–Kier alpha value is -1.55. The lowest BCUT2D eigenvalue weighted by molar-refractivity contribution is 0.536. The summed E-state index contributed by atoms with van der Waals surface area (Å²) in [5, 5.41) is 3.52. The highest BCUT2D eigenvalue weighted by molar-refractivity contribution is 5.16. The first kappa shape index (κ1) is 14.9. The third-order valence-electron chi connectivity index (χ3n) is 3.64. The molecule has 0 aliphatic rings. The van der Waals surface area contributed by atoms with Gasteiger partial charge in [0.15, 0.2) is 0 Å². The second-order valence-corrected chi connectivity index (χ2v) is 5.21. The van der Waals surface area contributed by atoms with E-state index >= 15 is 0 Å². The number of rotatable bonds is 8. The average molecular weight is 274 g/mol. The monoisotopic (exact) mass is 274 g/mol. The van der Waals surface area contributed by atoms with E-state index in [2.05, 4.69) is 58.7 Å². The molecule has 110 valence electrons. The minimum Gasteiger partial charge on any atom is -0.348 e. The molecule has 0 saturated heterocycles. The lowest BCUT2D eigenvalue weighted by Crippen LogP contribution is -2.19. The summed E-state index contributed by atoms with van der Waals surface area (Å²) in [6, 6.07) is 2.68. The Balaban J connectivity index is 2.07. The van der Waals surface area contributed by atoms with E-state index < -0.39 is 0 Å². The molecule has 0 aliphatic carbocycles. The summed E-state index contributed by atoms with van der Waals surface area (Å²) in [7, 11) is 0. The van der Waals surface area contributed by atoms with E-state index in [0.29, 0.717) is 6.04 Å². The van der Waals surface area contributed by atoms with Crippen LogP contribution < -0.4 is 5.32 Å². The van der Waals surface area contributed by atoms with E-state index in [-0.39, 0.29) is 0 Å². The van der Waals surface area contributed by atoms with Crippen LogP contribution in [-0.2, 0) is 13.1 Å². The summed E-state index contributed by atoms with van der Waals surface area (Å²) in [6.07, 6.45) is 10.6. The molecule has 0 amide bonds. The molecule has 0 radical (unpaired) electrons. The van der Waals surface area contributed by atoms with Gasteiger partial charge in [0, 0.05) is 31.2 Å². The summed E-state index contributed by atoms with van der Waals surface area (Å²) < 4.78 is 4.49. The Labute approximate surface area is 121 Å². The number of nitrogens with one attached hydrogen (secondary N) is 1. The summed E-state index contributed by atoms with van der Waals surface area (Å²) in [4.78, 5) is 4.26. The topological polar surface area (TPSA) is 34.8 Å². The van der Waals surface area contributed by atoms with Crippen molar-refractivity contribution in [2.24, 2.45) is 0 Å². The lowest BCUT2D eigenvalue weighted by atomic mass is 10.1. The number of hydrogen-bond donors (Lipinski definition) is 1. The third-order valence-corrected chi connectivity index (χ3v) is 3.64. The first-order valence-corrected chi connectivity index (χ1v) is 7.66. The van der Waals surface area contributed by atoms with Gasteiger partial charge in [-0.2, -0.15) is 0 Å². The average Bonchev–Trinajstić information content (AvgIpc) is 3.07. The van der Waals surface area contributed by atoms with Crippen molar-refractivity contribution in [1.82, 2.24) is 19.4 Å². The fourth-order valence-electron chi connectivity index (χ4n) is 2.62. The number of nitrogens with zero attached hydrogens (tertiary/aromatic N) is 3. The Morgan fingerprint density at radius 2 is 2.15 bits per heavy atom. The predicted molar refractivity (Wildman–Crippen MR) is 82.8 cm³/mol. The molecule has 1 atom stereocenters. The van der Waals surface area contributed by atoms with Gasteiger partial charge in [0.2, 0.25) is 0 Å². The first-order chi connectivity index (χ1) is 9.78. The highest BCUT2D eigenvalue weighted by atomic mass is 15.1. The van der Waals surface area contributed by atoms with Crippen LogP contribution in [0.4, 0.5) is 0 Å². The van der Waals surface area contributed by atoms with Crippen LogP contribution in [-0.4, -0.2) is 20.7 Å². The quantitative estimate of drug-likeness (QED) is 0.802. The lowest BCUT2D eigenvalue weighted by Gasteiger charge is -2.14. The maximum atomic E-state index is 4.26. The fourth-order valence-corrected chi connectivity index (χ4v) is 2.62. The van der Waals surface area contributed by atoms with E-state index in [1.165, 1.54) is 11.3 Å². The molecule has 0 aromatic carbocycles.